The van der Waals surface area contributed by atoms with Gasteiger partial charge < -0.3 is 10.0 Å². The monoisotopic (exact) mass is 212 g/mol. The van der Waals surface area contributed by atoms with Gasteiger partial charge in [0, 0.05) is 5.92 Å². The Kier molecular flexibility index (Phi) is 4.45. The molecule has 0 aromatic rings. The van der Waals surface area contributed by atoms with Crippen molar-refractivity contribution in [2.75, 3.05) is 12.0 Å². The van der Waals surface area contributed by atoms with Gasteiger partial charge >= 0.3 is 7.12 Å². The fourth-order valence-corrected chi connectivity index (χ4v) is 1.82. The Morgan fingerprint density at radius 1 is 1.71 bits per heavy atom. The van der Waals surface area contributed by atoms with E-state index >= 15 is 0 Å². The van der Waals surface area contributed by atoms with Crippen molar-refractivity contribution in [1.29, 1.82) is 0 Å². The third kappa shape index (κ3) is 3.01. The molecule has 1 unspecified atom stereocenters. The van der Waals surface area contributed by atoms with Crippen LogP contribution in [0.5, 0.6) is 0 Å². The summed E-state index contributed by atoms with van der Waals surface area (Å²) in [5, 5.41) is 17.7. The minimum atomic E-state index is -1.43. The van der Waals surface area contributed by atoms with E-state index in [2.05, 4.69) is 0 Å². The maximum Gasteiger partial charge on any atom is 0.488 e. The van der Waals surface area contributed by atoms with E-state index in [1.165, 1.54) is 11.8 Å². The Bertz CT molecular complexity index is 273. The van der Waals surface area contributed by atoms with Gasteiger partial charge in [-0.2, -0.15) is 11.8 Å². The quantitative estimate of drug-likeness (QED) is 0.663. The molecule has 0 bridgehead atoms. The van der Waals surface area contributed by atoms with Crippen LogP contribution in [0.3, 0.4) is 0 Å². The van der Waals surface area contributed by atoms with Crippen LogP contribution >= 0.6 is 11.8 Å². The number of carbonyl (C=O) groups is 1. The molecule has 3 nitrogen and oxygen atoms in total. The van der Waals surface area contributed by atoms with Crippen LogP contribution in [0.15, 0.2) is 23.7 Å². The van der Waals surface area contributed by atoms with Crippen LogP contribution in [-0.2, 0) is 4.79 Å². The molecule has 0 amide bonds. The van der Waals surface area contributed by atoms with E-state index in [4.69, 9.17) is 10.0 Å². The van der Waals surface area contributed by atoms with Gasteiger partial charge in [0.05, 0.1) is 5.75 Å². The topological polar surface area (TPSA) is 57.5 Å². The van der Waals surface area contributed by atoms with Crippen LogP contribution in [0.4, 0.5) is 0 Å². The maximum absolute atomic E-state index is 11.4. The first kappa shape index (κ1) is 11.6. The lowest BCUT2D eigenvalue weighted by atomic mass is 9.75. The Morgan fingerprint density at radius 3 is 2.86 bits per heavy atom. The van der Waals surface area contributed by atoms with Crippen molar-refractivity contribution in [2.24, 2.45) is 5.92 Å². The highest BCUT2D eigenvalue weighted by molar-refractivity contribution is 7.99. The molecule has 0 heterocycles. The summed E-state index contributed by atoms with van der Waals surface area (Å²) in [6.07, 6.45) is 7.52. The summed E-state index contributed by atoms with van der Waals surface area (Å²) >= 11 is 1.51. The summed E-state index contributed by atoms with van der Waals surface area (Å²) in [5.41, 5.74) is 0.471. The van der Waals surface area contributed by atoms with Crippen LogP contribution in [0.2, 0.25) is 0 Å². The SMILES string of the molecule is CSCC(=O)C1C=CC(B(O)O)=CC1. The lowest BCUT2D eigenvalue weighted by Gasteiger charge is -2.14. The van der Waals surface area contributed by atoms with E-state index in [0.717, 1.165) is 0 Å². The number of ketones is 1. The second-order valence-electron chi connectivity index (χ2n) is 3.18. The molecule has 0 aromatic heterocycles. The van der Waals surface area contributed by atoms with Crippen molar-refractivity contribution in [3.63, 3.8) is 0 Å². The van der Waals surface area contributed by atoms with Gasteiger partial charge in [0.1, 0.15) is 5.78 Å². The van der Waals surface area contributed by atoms with Crippen molar-refractivity contribution < 1.29 is 14.8 Å². The first-order valence-corrected chi connectivity index (χ1v) is 5.80. The average Bonchev–Trinajstić information content (AvgIpc) is 2.18. The molecule has 76 valence electrons. The van der Waals surface area contributed by atoms with Crippen molar-refractivity contribution in [3.8, 4) is 0 Å². The van der Waals surface area contributed by atoms with E-state index in [1.807, 2.05) is 6.26 Å². The van der Waals surface area contributed by atoms with Gasteiger partial charge in [-0.15, -0.1) is 0 Å². The molecular formula is C9H13BO3S. The lowest BCUT2D eigenvalue weighted by Crippen LogP contribution is -2.20. The van der Waals surface area contributed by atoms with E-state index < -0.39 is 7.12 Å². The molecule has 5 heteroatoms. The average molecular weight is 212 g/mol. The maximum atomic E-state index is 11.4. The molecule has 1 rings (SSSR count). The largest absolute Gasteiger partial charge is 0.488 e. The van der Waals surface area contributed by atoms with Gasteiger partial charge in [0.25, 0.3) is 0 Å². The molecule has 1 aliphatic rings. The van der Waals surface area contributed by atoms with E-state index in [9.17, 15) is 4.79 Å². The fourth-order valence-electron chi connectivity index (χ4n) is 1.32. The predicted molar refractivity (Wildman–Crippen MR) is 58.9 cm³/mol. The van der Waals surface area contributed by atoms with Crippen molar-refractivity contribution in [2.45, 2.75) is 6.42 Å². The summed E-state index contributed by atoms with van der Waals surface area (Å²) in [6.45, 7) is 0. The second kappa shape index (κ2) is 5.39. The zero-order chi connectivity index (χ0) is 10.6. The van der Waals surface area contributed by atoms with Crippen LogP contribution in [-0.4, -0.2) is 35.0 Å². The van der Waals surface area contributed by atoms with Crippen molar-refractivity contribution in [3.05, 3.63) is 23.7 Å². The van der Waals surface area contributed by atoms with E-state index in [-0.39, 0.29) is 11.7 Å². The first-order valence-electron chi connectivity index (χ1n) is 4.41. The number of carbonyl (C=O) groups excluding carboxylic acids is 1. The van der Waals surface area contributed by atoms with Gasteiger partial charge in [0.2, 0.25) is 0 Å². The van der Waals surface area contributed by atoms with Crippen molar-refractivity contribution >= 4 is 24.7 Å². The van der Waals surface area contributed by atoms with Gasteiger partial charge in [-0.05, 0) is 18.1 Å². The van der Waals surface area contributed by atoms with Crippen LogP contribution in [0.25, 0.3) is 0 Å². The molecule has 0 aromatic carbocycles. The minimum Gasteiger partial charge on any atom is -0.423 e. The first-order chi connectivity index (χ1) is 6.65. The molecule has 0 fully saturated rings. The van der Waals surface area contributed by atoms with Gasteiger partial charge in [-0.25, -0.2) is 0 Å². The smallest absolute Gasteiger partial charge is 0.423 e. The zero-order valence-corrected chi connectivity index (χ0v) is 8.83. The Hall–Kier alpha value is -0.515. The molecule has 0 saturated carbocycles. The third-order valence-corrected chi connectivity index (χ3v) is 2.70. The summed E-state index contributed by atoms with van der Waals surface area (Å²) in [6, 6.07) is 0. The predicted octanol–water partition coefficient (Wildman–Crippen LogP) is 0.433. The molecular weight excluding hydrogens is 199 g/mol. The van der Waals surface area contributed by atoms with Gasteiger partial charge in [-0.3, -0.25) is 4.79 Å². The Morgan fingerprint density at radius 2 is 2.43 bits per heavy atom. The zero-order valence-electron chi connectivity index (χ0n) is 8.01. The molecule has 1 aliphatic carbocycles. The third-order valence-electron chi connectivity index (χ3n) is 2.13. The van der Waals surface area contributed by atoms with Crippen molar-refractivity contribution in [1.82, 2.24) is 0 Å². The van der Waals surface area contributed by atoms with E-state index in [0.29, 0.717) is 17.6 Å². The highest BCUT2D eigenvalue weighted by Crippen LogP contribution is 2.18. The minimum absolute atomic E-state index is 0.0926. The molecule has 0 spiro atoms. The van der Waals surface area contributed by atoms with E-state index in [1.54, 1.807) is 18.2 Å². The van der Waals surface area contributed by atoms with Crippen LogP contribution in [0, 0.1) is 5.92 Å². The summed E-state index contributed by atoms with van der Waals surface area (Å²) in [5.74, 6) is 0.612. The number of Topliss-reactive ketones (excluding diaryl/α,β-unsaturated/α-hetero) is 1. The molecule has 0 radical (unpaired) electrons. The fraction of sp³-hybridized carbons (Fsp3) is 0.444. The van der Waals surface area contributed by atoms with Gasteiger partial charge in [-0.1, -0.05) is 18.2 Å². The molecule has 0 saturated heterocycles. The van der Waals surface area contributed by atoms with Gasteiger partial charge in [0.15, 0.2) is 0 Å². The summed E-state index contributed by atoms with van der Waals surface area (Å²) in [4.78, 5) is 11.4. The molecule has 0 aliphatic heterocycles. The number of allylic oxidation sites excluding steroid dienone is 4. The Balaban J connectivity index is 2.52. The Labute approximate surface area is 88.0 Å². The highest BCUT2D eigenvalue weighted by atomic mass is 32.2. The summed E-state index contributed by atoms with van der Waals surface area (Å²) in [7, 11) is -1.43. The number of thioether (sulfide) groups is 1. The highest BCUT2D eigenvalue weighted by Gasteiger charge is 2.20. The normalized spacial score (nSPS) is 20.5. The second-order valence-corrected chi connectivity index (χ2v) is 4.04. The molecule has 14 heavy (non-hydrogen) atoms. The molecule has 2 N–H and O–H groups in total. The number of hydrogen-bond donors (Lipinski definition) is 2. The standard InChI is InChI=1S/C9H13BO3S/c1-14-6-9(11)7-2-4-8(5-3-7)10(12)13/h2,4-5,7,12-13H,3,6H2,1H3. The number of hydrogen-bond acceptors (Lipinski definition) is 4. The van der Waals surface area contributed by atoms with Crippen LogP contribution < -0.4 is 0 Å². The summed E-state index contributed by atoms with van der Waals surface area (Å²) < 4.78 is 0. The van der Waals surface area contributed by atoms with Crippen LogP contribution in [0.1, 0.15) is 6.42 Å². The number of rotatable bonds is 4. The lowest BCUT2D eigenvalue weighted by molar-refractivity contribution is -0.118. The molecule has 1 atom stereocenters.